The number of hydrogen-bond donors (Lipinski definition) is 1. The van der Waals surface area contributed by atoms with Crippen molar-refractivity contribution in [2.75, 3.05) is 7.05 Å². The van der Waals surface area contributed by atoms with E-state index in [-0.39, 0.29) is 6.04 Å². The number of nitrogens with zero attached hydrogens (tertiary/aromatic N) is 2. The molecule has 1 unspecified atom stereocenters. The van der Waals surface area contributed by atoms with E-state index in [0.717, 1.165) is 0 Å². The second-order valence-electron chi connectivity index (χ2n) is 1.67. The van der Waals surface area contributed by atoms with Gasteiger partial charge in [-0.25, -0.2) is 5.01 Å². The van der Waals surface area contributed by atoms with Crippen LogP contribution >= 0.6 is 0 Å². The second-order valence-corrected chi connectivity index (χ2v) is 1.67. The van der Waals surface area contributed by atoms with Crippen LogP contribution in [-0.4, -0.2) is 18.1 Å². The largest absolute Gasteiger partial charge is 0.325 e. The van der Waals surface area contributed by atoms with Gasteiger partial charge in [0.1, 0.15) is 6.04 Å². The molecule has 42 valence electrons. The van der Waals surface area contributed by atoms with Gasteiger partial charge in [0, 0.05) is 13.2 Å². The minimum absolute atomic E-state index is 0.0880. The summed E-state index contributed by atoms with van der Waals surface area (Å²) < 4.78 is 0. The molecule has 0 aromatic heterocycles. The van der Waals surface area contributed by atoms with Gasteiger partial charge in [-0.3, -0.25) is 0 Å². The van der Waals surface area contributed by atoms with Gasteiger partial charge < -0.3 is 5.43 Å². The highest BCUT2D eigenvalue weighted by molar-refractivity contribution is 5.09. The Morgan fingerprint density at radius 1 is 1.88 bits per heavy atom. The lowest BCUT2D eigenvalue weighted by Crippen LogP contribution is -2.31. The van der Waals surface area contributed by atoms with Crippen molar-refractivity contribution in [1.82, 2.24) is 10.4 Å². The third kappa shape index (κ3) is 0.658. The molecule has 0 aromatic rings. The first kappa shape index (κ1) is 5.13. The summed E-state index contributed by atoms with van der Waals surface area (Å²) in [6.45, 7) is 0. The quantitative estimate of drug-likeness (QED) is 0.470. The highest BCUT2D eigenvalue weighted by Crippen LogP contribution is 1.98. The fourth-order valence-electron chi connectivity index (χ4n) is 0.591. The molecule has 1 aliphatic rings. The molecule has 0 fully saturated rings. The lowest BCUT2D eigenvalue weighted by molar-refractivity contribution is 0.290. The number of nitriles is 1. The van der Waals surface area contributed by atoms with Crippen LogP contribution in [0.4, 0.5) is 0 Å². The van der Waals surface area contributed by atoms with Crippen molar-refractivity contribution in [2.24, 2.45) is 0 Å². The van der Waals surface area contributed by atoms with E-state index in [1.54, 1.807) is 17.3 Å². The average Bonchev–Trinajstić information content (AvgIpc) is 2.14. The maximum absolute atomic E-state index is 8.35. The van der Waals surface area contributed by atoms with E-state index >= 15 is 0 Å². The molecule has 0 radical (unpaired) electrons. The monoisotopic (exact) mass is 109 g/mol. The predicted molar refractivity (Wildman–Crippen MR) is 29.4 cm³/mol. The zero-order chi connectivity index (χ0) is 5.98. The van der Waals surface area contributed by atoms with Gasteiger partial charge in [-0.1, -0.05) is 0 Å². The molecular formula is C5H7N3. The van der Waals surface area contributed by atoms with Gasteiger partial charge in [0.25, 0.3) is 0 Å². The van der Waals surface area contributed by atoms with Crippen LogP contribution in [0.5, 0.6) is 0 Å². The van der Waals surface area contributed by atoms with E-state index in [2.05, 4.69) is 11.5 Å². The van der Waals surface area contributed by atoms with Gasteiger partial charge >= 0.3 is 0 Å². The topological polar surface area (TPSA) is 39.1 Å². The summed E-state index contributed by atoms with van der Waals surface area (Å²) in [7, 11) is 1.83. The molecule has 0 saturated heterocycles. The van der Waals surface area contributed by atoms with Crippen molar-refractivity contribution in [3.63, 3.8) is 0 Å². The second kappa shape index (κ2) is 1.85. The molecule has 1 heterocycles. The molecule has 1 atom stereocenters. The van der Waals surface area contributed by atoms with Crippen LogP contribution in [0.3, 0.4) is 0 Å². The molecule has 8 heavy (non-hydrogen) atoms. The van der Waals surface area contributed by atoms with E-state index in [4.69, 9.17) is 5.26 Å². The Labute approximate surface area is 48.2 Å². The molecule has 0 bridgehead atoms. The van der Waals surface area contributed by atoms with Gasteiger partial charge in [-0.15, -0.1) is 0 Å². The van der Waals surface area contributed by atoms with Crippen LogP contribution in [0.25, 0.3) is 0 Å². The first-order valence-electron chi connectivity index (χ1n) is 2.40. The maximum Gasteiger partial charge on any atom is 0.135 e. The molecule has 3 nitrogen and oxygen atoms in total. The van der Waals surface area contributed by atoms with Gasteiger partial charge in [0.15, 0.2) is 0 Å². The molecule has 0 saturated carbocycles. The van der Waals surface area contributed by atoms with Crippen molar-refractivity contribution in [3.05, 3.63) is 12.3 Å². The molecular weight excluding hydrogens is 102 g/mol. The van der Waals surface area contributed by atoms with Gasteiger partial charge in [-0.2, -0.15) is 5.26 Å². The summed E-state index contributed by atoms with van der Waals surface area (Å²) in [5.74, 6) is 0. The van der Waals surface area contributed by atoms with Crippen molar-refractivity contribution in [3.8, 4) is 6.07 Å². The van der Waals surface area contributed by atoms with E-state index < -0.39 is 0 Å². The number of likely N-dealkylation sites (N-methyl/N-ethyl adjacent to an activating group) is 1. The zero-order valence-corrected chi connectivity index (χ0v) is 4.63. The Morgan fingerprint density at radius 3 is 2.88 bits per heavy atom. The smallest absolute Gasteiger partial charge is 0.135 e. The molecule has 1 N–H and O–H groups in total. The van der Waals surface area contributed by atoms with Gasteiger partial charge in [0.05, 0.1) is 6.07 Å². The summed E-state index contributed by atoms with van der Waals surface area (Å²) in [6, 6.07) is 2.00. The van der Waals surface area contributed by atoms with Gasteiger partial charge in [0.2, 0.25) is 0 Å². The van der Waals surface area contributed by atoms with Crippen LogP contribution in [0, 0.1) is 11.3 Å². The third-order valence-corrected chi connectivity index (χ3v) is 1.11. The highest BCUT2D eigenvalue weighted by Gasteiger charge is 2.12. The van der Waals surface area contributed by atoms with Crippen LogP contribution in [0.15, 0.2) is 12.3 Å². The highest BCUT2D eigenvalue weighted by atomic mass is 15.5. The molecule has 1 aliphatic heterocycles. The van der Waals surface area contributed by atoms with Crippen LogP contribution in [0.2, 0.25) is 0 Å². The normalized spacial score (nSPS) is 27.2. The lowest BCUT2D eigenvalue weighted by atomic mass is 10.3. The first-order valence-corrected chi connectivity index (χ1v) is 2.40. The predicted octanol–water partition coefficient (Wildman–Crippen LogP) is -0.158. The Kier molecular flexibility index (Phi) is 1.18. The van der Waals surface area contributed by atoms with Crippen LogP contribution in [0.1, 0.15) is 0 Å². The van der Waals surface area contributed by atoms with Crippen molar-refractivity contribution < 1.29 is 0 Å². The number of hydrazine groups is 1. The van der Waals surface area contributed by atoms with Crippen LogP contribution < -0.4 is 5.43 Å². The van der Waals surface area contributed by atoms with E-state index in [1.807, 2.05) is 7.05 Å². The Balaban J connectivity index is 2.57. The molecule has 3 heteroatoms. The maximum atomic E-state index is 8.35. The van der Waals surface area contributed by atoms with E-state index in [1.165, 1.54) is 0 Å². The third-order valence-electron chi connectivity index (χ3n) is 1.11. The molecule has 1 rings (SSSR count). The fraction of sp³-hybridized carbons (Fsp3) is 0.400. The summed E-state index contributed by atoms with van der Waals surface area (Å²) >= 11 is 0. The van der Waals surface area contributed by atoms with Crippen molar-refractivity contribution in [1.29, 1.82) is 5.26 Å². The summed E-state index contributed by atoms with van der Waals surface area (Å²) in [6.07, 6.45) is 3.56. The minimum atomic E-state index is -0.0880. The van der Waals surface area contributed by atoms with Crippen molar-refractivity contribution in [2.45, 2.75) is 6.04 Å². The Hall–Kier alpha value is -1.01. The standard InChI is InChI=1S/C5H7N3/c1-8-5(4-6)2-3-7-8/h2-3,5,7H,1H3. The number of nitrogens with one attached hydrogen (secondary N) is 1. The summed E-state index contributed by atoms with van der Waals surface area (Å²) in [5, 5.41) is 10.1. The average molecular weight is 109 g/mol. The molecule has 0 aliphatic carbocycles. The van der Waals surface area contributed by atoms with Crippen molar-refractivity contribution >= 4 is 0 Å². The van der Waals surface area contributed by atoms with E-state index in [9.17, 15) is 0 Å². The summed E-state index contributed by atoms with van der Waals surface area (Å²) in [5.41, 5.74) is 2.85. The summed E-state index contributed by atoms with van der Waals surface area (Å²) in [4.78, 5) is 0. The molecule has 0 aromatic carbocycles. The first-order chi connectivity index (χ1) is 3.84. The lowest BCUT2D eigenvalue weighted by Gasteiger charge is -2.10. The SMILES string of the molecule is CN1NC=CC1C#N. The Bertz CT molecular complexity index is 144. The minimum Gasteiger partial charge on any atom is -0.325 e. The number of rotatable bonds is 0. The molecule has 0 amide bonds. The van der Waals surface area contributed by atoms with E-state index in [0.29, 0.717) is 0 Å². The fourth-order valence-corrected chi connectivity index (χ4v) is 0.591. The van der Waals surface area contributed by atoms with Gasteiger partial charge in [-0.05, 0) is 6.08 Å². The van der Waals surface area contributed by atoms with Crippen LogP contribution in [-0.2, 0) is 0 Å². The number of hydrogen-bond acceptors (Lipinski definition) is 3. The molecule has 0 spiro atoms. The Morgan fingerprint density at radius 2 is 2.62 bits per heavy atom. The zero-order valence-electron chi connectivity index (χ0n) is 4.63.